The van der Waals surface area contributed by atoms with Crippen molar-refractivity contribution in [1.82, 2.24) is 0 Å². The molecular formula is C36H47N2O-. The highest BCUT2D eigenvalue weighted by molar-refractivity contribution is 5.94. The highest BCUT2D eigenvalue weighted by Gasteiger charge is 2.17. The molecule has 3 nitrogen and oxygen atoms in total. The number of hydrogen-bond acceptors (Lipinski definition) is 3. The second-order valence-corrected chi connectivity index (χ2v) is 12.9. The zero-order chi connectivity index (χ0) is 29.1. The lowest BCUT2D eigenvalue weighted by molar-refractivity contribution is -0.268. The van der Waals surface area contributed by atoms with Crippen LogP contribution in [0.4, 0.5) is 11.4 Å². The Morgan fingerprint density at radius 2 is 0.897 bits per heavy atom. The van der Waals surface area contributed by atoms with Crippen LogP contribution in [0.15, 0.2) is 58.5 Å². The molecule has 0 spiro atoms. The van der Waals surface area contributed by atoms with Gasteiger partial charge in [0.2, 0.25) is 0 Å². The lowest BCUT2D eigenvalue weighted by Crippen LogP contribution is -2.14. The molecule has 3 aromatic carbocycles. The fourth-order valence-corrected chi connectivity index (χ4v) is 4.89. The van der Waals surface area contributed by atoms with Crippen molar-refractivity contribution in [2.45, 2.75) is 105 Å². The summed E-state index contributed by atoms with van der Waals surface area (Å²) in [5.41, 5.74) is 8.91. The molecule has 39 heavy (non-hydrogen) atoms. The fraction of sp³-hybridized carbons (Fsp3) is 0.444. The predicted molar refractivity (Wildman–Crippen MR) is 168 cm³/mol. The van der Waals surface area contributed by atoms with Crippen LogP contribution >= 0.6 is 0 Å². The minimum atomic E-state index is -0.128. The van der Waals surface area contributed by atoms with Gasteiger partial charge in [-0.25, -0.2) is 0 Å². The van der Waals surface area contributed by atoms with Gasteiger partial charge in [0.05, 0.1) is 11.4 Å². The molecule has 0 radical (unpaired) electrons. The highest BCUT2D eigenvalue weighted by Crippen LogP contribution is 2.37. The zero-order valence-electron chi connectivity index (χ0n) is 25.9. The van der Waals surface area contributed by atoms with Crippen molar-refractivity contribution < 1.29 is 5.11 Å². The summed E-state index contributed by atoms with van der Waals surface area (Å²) in [4.78, 5) is 9.93. The van der Waals surface area contributed by atoms with Crippen LogP contribution in [0.25, 0.3) is 0 Å². The van der Waals surface area contributed by atoms with E-state index >= 15 is 0 Å². The molecule has 208 valence electrons. The summed E-state index contributed by atoms with van der Waals surface area (Å²) in [6.45, 7) is 24.0. The molecule has 0 amide bonds. The van der Waals surface area contributed by atoms with Crippen molar-refractivity contribution in [2.24, 2.45) is 9.98 Å². The summed E-state index contributed by atoms with van der Waals surface area (Å²) in [5, 5.41) is 13.8. The smallest absolute Gasteiger partial charge is 0.0699 e. The Bertz CT molecular complexity index is 1200. The first kappa shape index (κ1) is 30.3. The number of para-hydroxylation sites is 2. The molecule has 0 aromatic heterocycles. The Morgan fingerprint density at radius 3 is 1.15 bits per heavy atom. The first-order chi connectivity index (χ1) is 18.2. The Labute approximate surface area is 237 Å². The van der Waals surface area contributed by atoms with Crippen LogP contribution in [0.3, 0.4) is 0 Å². The maximum absolute atomic E-state index is 13.8. The minimum Gasteiger partial charge on any atom is -0.872 e. The lowest BCUT2D eigenvalue weighted by atomic mass is 9.85. The van der Waals surface area contributed by atoms with Gasteiger partial charge in [-0.05, 0) is 68.0 Å². The molecule has 3 heteroatoms. The van der Waals surface area contributed by atoms with Crippen LogP contribution in [0.2, 0.25) is 0 Å². The number of hydrogen-bond donors (Lipinski definition) is 0. The lowest BCUT2D eigenvalue weighted by Gasteiger charge is -2.24. The highest BCUT2D eigenvalue weighted by atomic mass is 16.3. The maximum atomic E-state index is 13.8. The average Bonchev–Trinajstić information content (AvgIpc) is 2.85. The summed E-state index contributed by atoms with van der Waals surface area (Å²) in [5.74, 6) is 1.30. The SMILES string of the molecule is CC(C)c1cccc(C(C)C)c1N=Cc1cc(C(C)(C)C)cc(C=Nc2c(C(C)C)cccc2C(C)C)c1[O-]. The Morgan fingerprint density at radius 1 is 0.590 bits per heavy atom. The number of benzene rings is 3. The van der Waals surface area contributed by atoms with Crippen LogP contribution in [0.1, 0.15) is 139 Å². The summed E-state index contributed by atoms with van der Waals surface area (Å²) in [6.07, 6.45) is 3.53. The van der Waals surface area contributed by atoms with Gasteiger partial charge in [-0.1, -0.05) is 130 Å². The van der Waals surface area contributed by atoms with Gasteiger partial charge in [0, 0.05) is 12.4 Å². The van der Waals surface area contributed by atoms with Gasteiger partial charge in [-0.15, -0.1) is 0 Å². The van der Waals surface area contributed by atoms with Crippen LogP contribution in [0.5, 0.6) is 5.75 Å². The molecule has 0 saturated heterocycles. The third-order valence-corrected chi connectivity index (χ3v) is 7.36. The van der Waals surface area contributed by atoms with E-state index in [0.717, 1.165) is 16.9 Å². The number of aliphatic imine (C=N–C) groups is 2. The molecule has 0 aliphatic carbocycles. The van der Waals surface area contributed by atoms with Gasteiger partial charge < -0.3 is 5.11 Å². The summed E-state index contributed by atoms with van der Waals surface area (Å²) >= 11 is 0. The standard InChI is InChI=1S/C36H48N2O/c1-22(2)29-14-12-15-30(23(3)4)33(29)37-20-26-18-28(36(9,10)11)19-27(35(26)39)21-38-34-31(24(5)6)16-13-17-32(34)25(7)8/h12-25,39H,1-11H3/p-1. The Kier molecular flexibility index (Phi) is 9.59. The maximum Gasteiger partial charge on any atom is 0.0699 e. The van der Waals surface area contributed by atoms with Gasteiger partial charge in [0.15, 0.2) is 0 Å². The molecular weight excluding hydrogens is 476 g/mol. The van der Waals surface area contributed by atoms with Crippen molar-refractivity contribution in [3.8, 4) is 5.75 Å². The molecule has 3 rings (SSSR count). The number of rotatable bonds is 8. The van der Waals surface area contributed by atoms with Gasteiger partial charge >= 0.3 is 0 Å². The summed E-state index contributed by atoms with van der Waals surface area (Å²) in [6, 6.07) is 16.8. The molecule has 0 heterocycles. The second kappa shape index (κ2) is 12.3. The largest absolute Gasteiger partial charge is 0.872 e. The second-order valence-electron chi connectivity index (χ2n) is 12.9. The third-order valence-electron chi connectivity index (χ3n) is 7.36. The van der Waals surface area contributed by atoms with E-state index in [2.05, 4.69) is 113 Å². The van der Waals surface area contributed by atoms with Crippen LogP contribution in [-0.4, -0.2) is 12.4 Å². The van der Waals surface area contributed by atoms with E-state index in [1.165, 1.54) is 22.3 Å². The fourth-order valence-electron chi connectivity index (χ4n) is 4.89. The predicted octanol–water partition coefficient (Wildman–Crippen LogP) is 10.1. The monoisotopic (exact) mass is 523 g/mol. The van der Waals surface area contributed by atoms with Gasteiger partial charge in [-0.3, -0.25) is 9.98 Å². The van der Waals surface area contributed by atoms with Crippen molar-refractivity contribution in [3.05, 3.63) is 87.5 Å². The Hall–Kier alpha value is -3.20. The summed E-state index contributed by atoms with van der Waals surface area (Å²) in [7, 11) is 0. The average molecular weight is 524 g/mol. The molecule has 0 aliphatic rings. The molecule has 0 fully saturated rings. The van der Waals surface area contributed by atoms with Gasteiger partial charge in [0.25, 0.3) is 0 Å². The molecule has 0 aliphatic heterocycles. The van der Waals surface area contributed by atoms with Gasteiger partial charge in [0.1, 0.15) is 0 Å². The van der Waals surface area contributed by atoms with Crippen molar-refractivity contribution >= 4 is 23.8 Å². The molecule has 3 aromatic rings. The third kappa shape index (κ3) is 7.06. The van der Waals surface area contributed by atoms with Crippen molar-refractivity contribution in [1.29, 1.82) is 0 Å². The van der Waals surface area contributed by atoms with Crippen LogP contribution < -0.4 is 5.11 Å². The first-order valence-corrected chi connectivity index (χ1v) is 14.4. The number of nitrogens with zero attached hydrogens (tertiary/aromatic N) is 2. The molecule has 0 atom stereocenters. The van der Waals surface area contributed by atoms with E-state index in [9.17, 15) is 5.11 Å². The van der Waals surface area contributed by atoms with E-state index < -0.39 is 0 Å². The molecule has 0 bridgehead atoms. The molecule has 0 N–H and O–H groups in total. The van der Waals surface area contributed by atoms with Crippen LogP contribution in [-0.2, 0) is 5.41 Å². The topological polar surface area (TPSA) is 47.8 Å². The quantitative estimate of drug-likeness (QED) is 0.271. The molecule has 0 unspecified atom stereocenters. The zero-order valence-corrected chi connectivity index (χ0v) is 25.9. The van der Waals surface area contributed by atoms with Crippen molar-refractivity contribution in [2.75, 3.05) is 0 Å². The summed E-state index contributed by atoms with van der Waals surface area (Å²) < 4.78 is 0. The molecule has 0 saturated carbocycles. The van der Waals surface area contributed by atoms with Gasteiger partial charge in [-0.2, -0.15) is 0 Å². The van der Waals surface area contributed by atoms with E-state index in [1.54, 1.807) is 12.4 Å². The van der Waals surface area contributed by atoms with E-state index in [4.69, 9.17) is 9.98 Å². The normalized spacial score (nSPS) is 12.8. The Balaban J connectivity index is 2.20. The van der Waals surface area contributed by atoms with E-state index in [0.29, 0.717) is 34.8 Å². The first-order valence-electron chi connectivity index (χ1n) is 14.4. The van der Waals surface area contributed by atoms with Crippen molar-refractivity contribution in [3.63, 3.8) is 0 Å². The minimum absolute atomic E-state index is 0.0447. The van der Waals surface area contributed by atoms with E-state index in [1.807, 2.05) is 12.1 Å². The van der Waals surface area contributed by atoms with E-state index in [-0.39, 0.29) is 11.2 Å². The van der Waals surface area contributed by atoms with Crippen LogP contribution in [0, 0.1) is 0 Å².